The van der Waals surface area contributed by atoms with Crippen molar-refractivity contribution >= 4 is 33.1 Å². The minimum Gasteiger partial charge on any atom is -0.409 e. The molecule has 2 heterocycles. The van der Waals surface area contributed by atoms with Gasteiger partial charge in [0.05, 0.1) is 0 Å². The molecule has 5 nitrogen and oxygen atoms in total. The van der Waals surface area contributed by atoms with Gasteiger partial charge < -0.3 is 16.3 Å². The standard InChI is InChI=1S/C12H13BrN4OS/c13-9-4-10(19-7-9)6-15-5-8-1-2-16-11(3-8)12(14)17-18/h1-4,7,15,18H,5-6H2,(H2,14,17). The van der Waals surface area contributed by atoms with E-state index in [1.165, 1.54) is 4.88 Å². The molecule has 0 fully saturated rings. The van der Waals surface area contributed by atoms with E-state index in [1.54, 1.807) is 23.6 Å². The molecule has 0 aliphatic rings. The highest BCUT2D eigenvalue weighted by molar-refractivity contribution is 9.10. The summed E-state index contributed by atoms with van der Waals surface area (Å²) in [5, 5.41) is 16.9. The molecule has 19 heavy (non-hydrogen) atoms. The molecule has 0 aromatic carbocycles. The molecular weight excluding hydrogens is 328 g/mol. The Morgan fingerprint density at radius 2 is 2.32 bits per heavy atom. The topological polar surface area (TPSA) is 83.5 Å². The largest absolute Gasteiger partial charge is 0.409 e. The molecule has 2 aromatic heterocycles. The lowest BCUT2D eigenvalue weighted by Gasteiger charge is -2.05. The highest BCUT2D eigenvalue weighted by Gasteiger charge is 2.02. The zero-order chi connectivity index (χ0) is 13.7. The van der Waals surface area contributed by atoms with Crippen molar-refractivity contribution in [3.05, 3.63) is 50.4 Å². The fraction of sp³-hybridized carbons (Fsp3) is 0.167. The Labute approximate surface area is 123 Å². The second-order valence-corrected chi connectivity index (χ2v) is 5.78. The van der Waals surface area contributed by atoms with Gasteiger partial charge in [0.2, 0.25) is 0 Å². The molecule has 0 aliphatic carbocycles. The number of amidine groups is 1. The summed E-state index contributed by atoms with van der Waals surface area (Å²) in [7, 11) is 0. The van der Waals surface area contributed by atoms with Crippen LogP contribution in [0.5, 0.6) is 0 Å². The van der Waals surface area contributed by atoms with Crippen LogP contribution < -0.4 is 11.1 Å². The van der Waals surface area contributed by atoms with E-state index < -0.39 is 0 Å². The number of hydrogen-bond donors (Lipinski definition) is 3. The van der Waals surface area contributed by atoms with Gasteiger partial charge in [-0.2, -0.15) is 0 Å². The number of nitrogens with one attached hydrogen (secondary N) is 1. The van der Waals surface area contributed by atoms with Crippen molar-refractivity contribution in [3.63, 3.8) is 0 Å². The van der Waals surface area contributed by atoms with E-state index >= 15 is 0 Å². The maximum Gasteiger partial charge on any atom is 0.188 e. The summed E-state index contributed by atoms with van der Waals surface area (Å²) in [5.41, 5.74) is 7.01. The third-order valence-corrected chi connectivity index (χ3v) is 4.14. The highest BCUT2D eigenvalue weighted by atomic mass is 79.9. The van der Waals surface area contributed by atoms with Crippen LogP contribution in [0.25, 0.3) is 0 Å². The number of oxime groups is 1. The van der Waals surface area contributed by atoms with Crippen LogP contribution in [0.15, 0.2) is 39.4 Å². The smallest absolute Gasteiger partial charge is 0.188 e. The van der Waals surface area contributed by atoms with Crippen molar-refractivity contribution in [1.82, 2.24) is 10.3 Å². The summed E-state index contributed by atoms with van der Waals surface area (Å²) in [6.45, 7) is 1.50. The Morgan fingerprint density at radius 1 is 1.47 bits per heavy atom. The van der Waals surface area contributed by atoms with Gasteiger partial charge in [-0.1, -0.05) is 5.16 Å². The highest BCUT2D eigenvalue weighted by Crippen LogP contribution is 2.19. The predicted molar refractivity (Wildman–Crippen MR) is 79.3 cm³/mol. The van der Waals surface area contributed by atoms with Gasteiger partial charge in [0.15, 0.2) is 5.84 Å². The summed E-state index contributed by atoms with van der Waals surface area (Å²) < 4.78 is 1.10. The van der Waals surface area contributed by atoms with Crippen LogP contribution in [0.2, 0.25) is 0 Å². The molecule has 2 aromatic rings. The lowest BCUT2D eigenvalue weighted by atomic mass is 10.2. The number of hydrogen-bond acceptors (Lipinski definition) is 5. The molecule has 2 rings (SSSR count). The van der Waals surface area contributed by atoms with Gasteiger partial charge in [0.1, 0.15) is 5.69 Å². The second-order valence-electron chi connectivity index (χ2n) is 3.87. The molecule has 0 bridgehead atoms. The lowest BCUT2D eigenvalue weighted by Crippen LogP contribution is -2.17. The van der Waals surface area contributed by atoms with Crippen LogP contribution in [-0.4, -0.2) is 16.0 Å². The van der Waals surface area contributed by atoms with E-state index in [2.05, 4.69) is 42.8 Å². The first-order valence-corrected chi connectivity index (χ1v) is 7.23. The van der Waals surface area contributed by atoms with Gasteiger partial charge in [-0.15, -0.1) is 11.3 Å². The molecule has 0 aliphatic heterocycles. The Morgan fingerprint density at radius 3 is 3.00 bits per heavy atom. The minimum absolute atomic E-state index is 0.0176. The zero-order valence-corrected chi connectivity index (χ0v) is 12.4. The zero-order valence-electron chi connectivity index (χ0n) is 10.0. The van der Waals surface area contributed by atoms with Crippen LogP contribution >= 0.6 is 27.3 Å². The first-order chi connectivity index (χ1) is 9.19. The van der Waals surface area contributed by atoms with E-state index in [4.69, 9.17) is 10.9 Å². The van der Waals surface area contributed by atoms with Crippen molar-refractivity contribution < 1.29 is 5.21 Å². The van der Waals surface area contributed by atoms with Crippen molar-refractivity contribution in [1.29, 1.82) is 0 Å². The van der Waals surface area contributed by atoms with Crippen molar-refractivity contribution in [3.8, 4) is 0 Å². The molecular formula is C12H13BrN4OS. The van der Waals surface area contributed by atoms with E-state index in [0.717, 1.165) is 16.6 Å². The number of nitrogens with zero attached hydrogens (tertiary/aromatic N) is 2. The quantitative estimate of drug-likeness (QED) is 0.337. The van der Waals surface area contributed by atoms with Gasteiger partial charge in [-0.05, 0) is 39.7 Å². The van der Waals surface area contributed by atoms with Gasteiger partial charge in [0.25, 0.3) is 0 Å². The fourth-order valence-corrected chi connectivity index (χ4v) is 2.97. The Kier molecular flexibility index (Phi) is 4.89. The van der Waals surface area contributed by atoms with Crippen molar-refractivity contribution in [2.75, 3.05) is 0 Å². The summed E-state index contributed by atoms with van der Waals surface area (Å²) in [4.78, 5) is 5.29. The Balaban J connectivity index is 1.92. The molecule has 100 valence electrons. The van der Waals surface area contributed by atoms with Gasteiger partial charge in [0, 0.05) is 34.0 Å². The number of aromatic nitrogens is 1. The van der Waals surface area contributed by atoms with Crippen LogP contribution in [0, 0.1) is 0 Å². The first kappa shape index (κ1) is 14.0. The monoisotopic (exact) mass is 340 g/mol. The first-order valence-electron chi connectivity index (χ1n) is 5.55. The van der Waals surface area contributed by atoms with Crippen LogP contribution in [0.1, 0.15) is 16.1 Å². The van der Waals surface area contributed by atoms with Gasteiger partial charge in [-0.3, -0.25) is 4.98 Å². The molecule has 0 saturated heterocycles. The van der Waals surface area contributed by atoms with Crippen molar-refractivity contribution in [2.45, 2.75) is 13.1 Å². The fourth-order valence-electron chi connectivity index (χ4n) is 1.55. The summed E-state index contributed by atoms with van der Waals surface area (Å²) >= 11 is 5.13. The second kappa shape index (κ2) is 6.65. The third kappa shape index (κ3) is 4.02. The minimum atomic E-state index is 0.0176. The molecule has 0 atom stereocenters. The molecule has 0 unspecified atom stereocenters. The van der Waals surface area contributed by atoms with Crippen molar-refractivity contribution in [2.24, 2.45) is 10.9 Å². The molecule has 7 heteroatoms. The normalized spacial score (nSPS) is 11.7. The Hall–Kier alpha value is -1.44. The van der Waals surface area contributed by atoms with E-state index in [9.17, 15) is 0 Å². The lowest BCUT2D eigenvalue weighted by molar-refractivity contribution is 0.318. The Bertz CT molecular complexity index is 585. The average Bonchev–Trinajstić information content (AvgIpc) is 2.84. The van der Waals surface area contributed by atoms with Crippen LogP contribution in [-0.2, 0) is 13.1 Å². The molecule has 4 N–H and O–H groups in total. The molecule has 0 saturated carbocycles. The summed E-state index contributed by atoms with van der Waals surface area (Å²) in [6.07, 6.45) is 1.64. The van der Waals surface area contributed by atoms with Gasteiger partial charge in [-0.25, -0.2) is 0 Å². The van der Waals surface area contributed by atoms with E-state index in [0.29, 0.717) is 12.2 Å². The summed E-state index contributed by atoms with van der Waals surface area (Å²) in [5.74, 6) is 0.0176. The number of rotatable bonds is 5. The number of thiophene rings is 1. The maximum atomic E-state index is 8.61. The number of nitrogens with two attached hydrogens (primary N) is 1. The SMILES string of the molecule is NC(=NO)c1cc(CNCc2cc(Br)cs2)ccn1. The molecule has 0 spiro atoms. The van der Waals surface area contributed by atoms with E-state index in [-0.39, 0.29) is 5.84 Å². The van der Waals surface area contributed by atoms with Crippen LogP contribution in [0.4, 0.5) is 0 Å². The van der Waals surface area contributed by atoms with E-state index in [1.807, 2.05) is 6.07 Å². The maximum absolute atomic E-state index is 8.61. The molecule has 0 amide bonds. The predicted octanol–water partition coefficient (Wildman–Crippen LogP) is 2.29. The van der Waals surface area contributed by atoms with Crippen LogP contribution in [0.3, 0.4) is 0 Å². The van der Waals surface area contributed by atoms with Gasteiger partial charge >= 0.3 is 0 Å². The third-order valence-electron chi connectivity index (χ3n) is 2.44. The summed E-state index contributed by atoms with van der Waals surface area (Å²) in [6, 6.07) is 5.78. The number of halogens is 1. The average molecular weight is 341 g/mol. The molecule has 0 radical (unpaired) electrons. The number of pyridine rings is 1.